The standard InChI is InChI=1S/C14H16O5/c15-13(16)2-1-5-14(7-17-8-14)10-3-4-11-12(6-10)19-9-18-11/h3-4,6H,1-2,5,7-9H2,(H,15,16). The molecule has 3 rings (SSSR count). The Kier molecular flexibility index (Phi) is 3.06. The molecule has 0 saturated carbocycles. The van der Waals surface area contributed by atoms with Crippen molar-refractivity contribution in [2.45, 2.75) is 24.7 Å². The molecule has 19 heavy (non-hydrogen) atoms. The molecule has 2 heterocycles. The number of ether oxygens (including phenoxy) is 3. The van der Waals surface area contributed by atoms with E-state index in [0.29, 0.717) is 19.6 Å². The summed E-state index contributed by atoms with van der Waals surface area (Å²) in [5.74, 6) is 0.785. The second kappa shape index (κ2) is 4.74. The maximum absolute atomic E-state index is 10.6. The van der Waals surface area contributed by atoms with Crippen molar-refractivity contribution >= 4 is 5.97 Å². The first-order valence-corrected chi connectivity index (χ1v) is 6.39. The number of benzene rings is 1. The largest absolute Gasteiger partial charge is 0.481 e. The highest BCUT2D eigenvalue weighted by atomic mass is 16.7. The minimum Gasteiger partial charge on any atom is -0.481 e. The van der Waals surface area contributed by atoms with Gasteiger partial charge in [0, 0.05) is 11.8 Å². The zero-order valence-electron chi connectivity index (χ0n) is 10.6. The highest BCUT2D eigenvalue weighted by Gasteiger charge is 2.40. The summed E-state index contributed by atoms with van der Waals surface area (Å²) in [5.41, 5.74) is 1.09. The Bertz CT molecular complexity index is 493. The van der Waals surface area contributed by atoms with E-state index in [2.05, 4.69) is 0 Å². The molecule has 0 bridgehead atoms. The van der Waals surface area contributed by atoms with Gasteiger partial charge in [0.15, 0.2) is 11.5 Å². The number of aliphatic carboxylic acids is 1. The van der Waals surface area contributed by atoms with Crippen molar-refractivity contribution < 1.29 is 24.1 Å². The Labute approximate surface area is 111 Å². The first kappa shape index (κ1) is 12.3. The Morgan fingerprint density at radius 2 is 2.05 bits per heavy atom. The summed E-state index contributed by atoms with van der Waals surface area (Å²) >= 11 is 0. The van der Waals surface area contributed by atoms with Gasteiger partial charge in [-0.1, -0.05) is 6.07 Å². The smallest absolute Gasteiger partial charge is 0.303 e. The molecule has 5 nitrogen and oxygen atoms in total. The lowest BCUT2D eigenvalue weighted by atomic mass is 9.74. The van der Waals surface area contributed by atoms with Crippen LogP contribution < -0.4 is 9.47 Å². The summed E-state index contributed by atoms with van der Waals surface area (Å²) in [4.78, 5) is 10.6. The fourth-order valence-corrected chi connectivity index (χ4v) is 2.61. The van der Waals surface area contributed by atoms with Crippen LogP contribution in [0.25, 0.3) is 0 Å². The molecule has 1 fully saturated rings. The Hall–Kier alpha value is -1.75. The Balaban J connectivity index is 1.76. The highest BCUT2D eigenvalue weighted by Crippen LogP contribution is 2.42. The molecule has 0 aromatic heterocycles. The third-order valence-electron chi connectivity index (χ3n) is 3.79. The molecule has 1 N–H and O–H groups in total. The molecule has 0 atom stereocenters. The van der Waals surface area contributed by atoms with Gasteiger partial charge < -0.3 is 19.3 Å². The molecule has 1 aromatic rings. The first-order chi connectivity index (χ1) is 9.20. The fourth-order valence-electron chi connectivity index (χ4n) is 2.61. The van der Waals surface area contributed by atoms with Gasteiger partial charge in [-0.25, -0.2) is 0 Å². The lowest BCUT2D eigenvalue weighted by molar-refractivity contribution is -0.137. The van der Waals surface area contributed by atoms with Crippen molar-refractivity contribution in [1.29, 1.82) is 0 Å². The van der Waals surface area contributed by atoms with Gasteiger partial charge in [-0.15, -0.1) is 0 Å². The monoisotopic (exact) mass is 264 g/mol. The van der Waals surface area contributed by atoms with Crippen LogP contribution in [0.5, 0.6) is 11.5 Å². The number of carboxylic acid groups (broad SMARTS) is 1. The van der Waals surface area contributed by atoms with Gasteiger partial charge in [-0.05, 0) is 30.5 Å². The molecule has 0 spiro atoms. The summed E-state index contributed by atoms with van der Waals surface area (Å²) in [6.07, 6.45) is 1.68. The van der Waals surface area contributed by atoms with Crippen LogP contribution >= 0.6 is 0 Å². The molecule has 0 unspecified atom stereocenters. The van der Waals surface area contributed by atoms with Gasteiger partial charge in [-0.2, -0.15) is 0 Å². The maximum atomic E-state index is 10.6. The number of hydrogen-bond donors (Lipinski definition) is 1. The predicted molar refractivity (Wildman–Crippen MR) is 66.5 cm³/mol. The molecule has 102 valence electrons. The minimum absolute atomic E-state index is 0.0591. The van der Waals surface area contributed by atoms with Gasteiger partial charge in [0.25, 0.3) is 0 Å². The van der Waals surface area contributed by atoms with Gasteiger partial charge in [0.05, 0.1) is 13.2 Å². The van der Waals surface area contributed by atoms with Crippen molar-refractivity contribution in [3.63, 3.8) is 0 Å². The molecule has 0 aliphatic carbocycles. The van der Waals surface area contributed by atoms with E-state index in [0.717, 1.165) is 23.5 Å². The van der Waals surface area contributed by atoms with Crippen molar-refractivity contribution in [1.82, 2.24) is 0 Å². The van der Waals surface area contributed by atoms with E-state index in [1.165, 1.54) is 0 Å². The third kappa shape index (κ3) is 2.26. The van der Waals surface area contributed by atoms with Gasteiger partial charge in [0.2, 0.25) is 6.79 Å². The molecule has 0 amide bonds. The molecule has 2 aliphatic heterocycles. The molecule has 2 aliphatic rings. The van der Waals surface area contributed by atoms with Crippen molar-refractivity contribution in [3.8, 4) is 11.5 Å². The van der Waals surface area contributed by atoms with E-state index >= 15 is 0 Å². The molecule has 1 saturated heterocycles. The second-order valence-electron chi connectivity index (χ2n) is 5.09. The molecule has 0 radical (unpaired) electrons. The average molecular weight is 264 g/mol. The van der Waals surface area contributed by atoms with Crippen LogP contribution in [0.2, 0.25) is 0 Å². The van der Waals surface area contributed by atoms with Crippen LogP contribution in [-0.4, -0.2) is 31.1 Å². The Morgan fingerprint density at radius 1 is 1.26 bits per heavy atom. The number of fused-ring (bicyclic) bond motifs is 1. The molecular formula is C14H16O5. The average Bonchev–Trinajstić information content (AvgIpc) is 2.79. The first-order valence-electron chi connectivity index (χ1n) is 6.39. The van der Waals surface area contributed by atoms with Crippen LogP contribution in [0, 0.1) is 0 Å². The zero-order valence-corrected chi connectivity index (χ0v) is 10.6. The molecule has 5 heteroatoms. The summed E-state index contributed by atoms with van der Waals surface area (Å²) in [6, 6.07) is 5.93. The van der Waals surface area contributed by atoms with Gasteiger partial charge in [0.1, 0.15) is 0 Å². The van der Waals surface area contributed by atoms with Crippen molar-refractivity contribution in [3.05, 3.63) is 23.8 Å². The van der Waals surface area contributed by atoms with Crippen LogP contribution in [0.15, 0.2) is 18.2 Å². The normalized spacial score (nSPS) is 18.9. The van der Waals surface area contributed by atoms with Crippen molar-refractivity contribution in [2.24, 2.45) is 0 Å². The Morgan fingerprint density at radius 3 is 2.74 bits per heavy atom. The van der Waals surface area contributed by atoms with E-state index < -0.39 is 5.97 Å². The topological polar surface area (TPSA) is 65.0 Å². The molecule has 1 aromatic carbocycles. The SMILES string of the molecule is O=C(O)CCCC1(c2ccc3c(c2)OCO3)COC1. The lowest BCUT2D eigenvalue weighted by Gasteiger charge is -2.42. The van der Waals surface area contributed by atoms with Crippen LogP contribution in [0.3, 0.4) is 0 Å². The summed E-state index contributed by atoms with van der Waals surface area (Å²) in [7, 11) is 0. The third-order valence-corrected chi connectivity index (χ3v) is 3.79. The minimum atomic E-state index is -0.749. The van der Waals surface area contributed by atoms with Gasteiger partial charge in [-0.3, -0.25) is 4.79 Å². The molecular weight excluding hydrogens is 248 g/mol. The van der Waals surface area contributed by atoms with Gasteiger partial charge >= 0.3 is 5.97 Å². The number of carbonyl (C=O) groups is 1. The van der Waals surface area contributed by atoms with E-state index in [1.807, 2.05) is 18.2 Å². The van der Waals surface area contributed by atoms with E-state index in [9.17, 15) is 4.79 Å². The fraction of sp³-hybridized carbons (Fsp3) is 0.500. The quantitative estimate of drug-likeness (QED) is 0.880. The zero-order chi connectivity index (χ0) is 13.3. The second-order valence-corrected chi connectivity index (χ2v) is 5.09. The lowest BCUT2D eigenvalue weighted by Crippen LogP contribution is -2.46. The number of carboxylic acids is 1. The van der Waals surface area contributed by atoms with Crippen LogP contribution in [0.4, 0.5) is 0 Å². The predicted octanol–water partition coefficient (Wildman–Crippen LogP) is 1.94. The van der Waals surface area contributed by atoms with Crippen LogP contribution in [0.1, 0.15) is 24.8 Å². The number of rotatable bonds is 5. The summed E-state index contributed by atoms with van der Waals surface area (Å²) in [6.45, 7) is 1.56. The van der Waals surface area contributed by atoms with E-state index in [4.69, 9.17) is 19.3 Å². The highest BCUT2D eigenvalue weighted by molar-refractivity contribution is 5.66. The van der Waals surface area contributed by atoms with Crippen molar-refractivity contribution in [2.75, 3.05) is 20.0 Å². The summed E-state index contributed by atoms with van der Waals surface area (Å²) in [5, 5.41) is 8.73. The van der Waals surface area contributed by atoms with E-state index in [1.54, 1.807) is 0 Å². The van der Waals surface area contributed by atoms with Crippen LogP contribution in [-0.2, 0) is 14.9 Å². The summed E-state index contributed by atoms with van der Waals surface area (Å²) < 4.78 is 16.0. The van der Waals surface area contributed by atoms with E-state index in [-0.39, 0.29) is 18.6 Å². The number of hydrogen-bond acceptors (Lipinski definition) is 4. The maximum Gasteiger partial charge on any atom is 0.303 e.